The van der Waals surface area contributed by atoms with Crippen molar-refractivity contribution in [3.8, 4) is 5.75 Å². The second kappa shape index (κ2) is 5.60. The second-order valence-corrected chi connectivity index (χ2v) is 5.14. The number of carbonyl (C=O) groups excluding carboxylic acids is 1. The van der Waals surface area contributed by atoms with Gasteiger partial charge in [-0.15, -0.1) is 0 Å². The van der Waals surface area contributed by atoms with Gasteiger partial charge in [0.1, 0.15) is 17.9 Å². The van der Waals surface area contributed by atoms with Crippen LogP contribution in [0.5, 0.6) is 5.75 Å². The summed E-state index contributed by atoms with van der Waals surface area (Å²) in [6, 6.07) is 7.59. The largest absolute Gasteiger partial charge is 0.490 e. The van der Waals surface area contributed by atoms with Gasteiger partial charge in [0.25, 0.3) is 11.5 Å². The smallest absolute Gasteiger partial charge is 0.267 e. The molecule has 3 rings (SSSR count). The van der Waals surface area contributed by atoms with Crippen molar-refractivity contribution >= 4 is 16.8 Å². The lowest BCUT2D eigenvalue weighted by atomic mass is 10.1. The number of pyridine rings is 1. The summed E-state index contributed by atoms with van der Waals surface area (Å²) in [6.07, 6.45) is 1.88. The number of rotatable bonds is 3. The van der Waals surface area contributed by atoms with Gasteiger partial charge in [-0.3, -0.25) is 9.59 Å². The number of nitrogens with one attached hydrogen (secondary N) is 1. The van der Waals surface area contributed by atoms with Gasteiger partial charge in [-0.2, -0.15) is 0 Å². The van der Waals surface area contributed by atoms with Crippen LogP contribution >= 0.6 is 0 Å². The van der Waals surface area contributed by atoms with E-state index in [1.54, 1.807) is 4.57 Å². The zero-order valence-corrected chi connectivity index (χ0v) is 12.0. The molecule has 1 aromatic carbocycles. The van der Waals surface area contributed by atoms with Crippen molar-refractivity contribution in [3.05, 3.63) is 40.2 Å². The molecule has 1 aliphatic rings. The van der Waals surface area contributed by atoms with E-state index in [0.717, 1.165) is 23.7 Å². The molecule has 2 aromatic rings. The first kappa shape index (κ1) is 13.7. The number of hydrogen-bond acceptors (Lipinski definition) is 3. The number of para-hydroxylation sites is 1. The zero-order chi connectivity index (χ0) is 14.8. The lowest BCUT2D eigenvalue weighted by Crippen LogP contribution is -2.32. The van der Waals surface area contributed by atoms with Gasteiger partial charge in [-0.1, -0.05) is 25.5 Å². The Morgan fingerprint density at radius 1 is 1.29 bits per heavy atom. The lowest BCUT2D eigenvalue weighted by molar-refractivity contribution is 0.0955. The molecule has 0 saturated heterocycles. The number of amides is 1. The first-order chi connectivity index (χ1) is 10.2. The highest BCUT2D eigenvalue weighted by Crippen LogP contribution is 2.28. The Morgan fingerprint density at radius 2 is 2.10 bits per heavy atom. The molecule has 2 heterocycles. The number of unbranched alkanes of at least 4 members (excludes halogenated alkanes) is 1. The summed E-state index contributed by atoms with van der Waals surface area (Å²) in [5.74, 6) is 0.0712. The summed E-state index contributed by atoms with van der Waals surface area (Å²) in [6.45, 7) is 3.47. The number of carbonyl (C=O) groups is 1. The molecule has 5 nitrogen and oxygen atoms in total. The molecular formula is C16H18N2O3. The van der Waals surface area contributed by atoms with Crippen LogP contribution in [0.1, 0.15) is 30.1 Å². The van der Waals surface area contributed by atoms with E-state index >= 15 is 0 Å². The molecule has 110 valence electrons. The Hall–Kier alpha value is -2.30. The van der Waals surface area contributed by atoms with Crippen molar-refractivity contribution in [2.24, 2.45) is 0 Å². The van der Waals surface area contributed by atoms with E-state index in [0.29, 0.717) is 25.4 Å². The van der Waals surface area contributed by atoms with Crippen LogP contribution in [0, 0.1) is 0 Å². The zero-order valence-electron chi connectivity index (χ0n) is 12.0. The van der Waals surface area contributed by atoms with Crippen molar-refractivity contribution in [1.82, 2.24) is 9.88 Å². The van der Waals surface area contributed by atoms with Crippen LogP contribution in [0.25, 0.3) is 10.9 Å². The molecule has 1 aliphatic heterocycles. The maximum Gasteiger partial charge on any atom is 0.267 e. The molecule has 1 aromatic heterocycles. The van der Waals surface area contributed by atoms with E-state index in [2.05, 4.69) is 12.2 Å². The van der Waals surface area contributed by atoms with Crippen LogP contribution in [-0.4, -0.2) is 23.6 Å². The van der Waals surface area contributed by atoms with Crippen LogP contribution in [0.3, 0.4) is 0 Å². The molecule has 0 bridgehead atoms. The molecule has 0 radical (unpaired) electrons. The van der Waals surface area contributed by atoms with Gasteiger partial charge in [0, 0.05) is 11.9 Å². The minimum absolute atomic E-state index is 0.127. The fourth-order valence-electron chi connectivity index (χ4n) is 2.67. The summed E-state index contributed by atoms with van der Waals surface area (Å²) >= 11 is 0. The predicted octanol–water partition coefficient (Wildman–Crippen LogP) is 1.92. The van der Waals surface area contributed by atoms with Crippen LogP contribution < -0.4 is 15.6 Å². The van der Waals surface area contributed by atoms with Crippen molar-refractivity contribution in [1.29, 1.82) is 0 Å². The molecule has 0 aliphatic carbocycles. The summed E-state index contributed by atoms with van der Waals surface area (Å²) in [5.41, 5.74) is 0.684. The minimum atomic E-state index is -0.344. The first-order valence-corrected chi connectivity index (χ1v) is 7.30. The summed E-state index contributed by atoms with van der Waals surface area (Å²) in [4.78, 5) is 24.9. The van der Waals surface area contributed by atoms with Gasteiger partial charge >= 0.3 is 0 Å². The summed E-state index contributed by atoms with van der Waals surface area (Å²) < 4.78 is 7.36. The number of nitrogens with zero attached hydrogens (tertiary/aromatic N) is 1. The van der Waals surface area contributed by atoms with E-state index < -0.39 is 0 Å². The molecule has 0 fully saturated rings. The fourth-order valence-corrected chi connectivity index (χ4v) is 2.67. The molecule has 1 N–H and O–H groups in total. The number of fused-ring (bicyclic) bond motifs is 3. The summed E-state index contributed by atoms with van der Waals surface area (Å²) in [7, 11) is 0. The van der Waals surface area contributed by atoms with Gasteiger partial charge in [0.15, 0.2) is 0 Å². The number of ether oxygens (including phenoxy) is 1. The van der Waals surface area contributed by atoms with Crippen LogP contribution in [0.2, 0.25) is 0 Å². The number of aryl methyl sites for hydroxylation is 1. The van der Waals surface area contributed by atoms with E-state index in [9.17, 15) is 9.59 Å². The fraction of sp³-hybridized carbons (Fsp3) is 0.375. The lowest BCUT2D eigenvalue weighted by Gasteiger charge is -2.15. The normalized spacial score (nSPS) is 14.2. The molecule has 0 unspecified atom stereocenters. The summed E-state index contributed by atoms with van der Waals surface area (Å²) in [5, 5.41) is 3.53. The van der Waals surface area contributed by atoms with Gasteiger partial charge in [-0.25, -0.2) is 0 Å². The van der Waals surface area contributed by atoms with Crippen molar-refractivity contribution < 1.29 is 9.53 Å². The average molecular weight is 286 g/mol. The Bertz CT molecular complexity index is 749. The van der Waals surface area contributed by atoms with Crippen molar-refractivity contribution in [3.63, 3.8) is 0 Å². The molecular weight excluding hydrogens is 268 g/mol. The second-order valence-electron chi connectivity index (χ2n) is 5.14. The van der Waals surface area contributed by atoms with Crippen LogP contribution in [0.4, 0.5) is 0 Å². The van der Waals surface area contributed by atoms with E-state index in [4.69, 9.17) is 4.74 Å². The third-order valence-corrected chi connectivity index (χ3v) is 3.72. The standard InChI is InChI=1S/C16H18N2O3/c1-2-3-9-18-12-7-5-4-6-11(12)14-13(16(18)20)15(19)17-8-10-21-14/h4-7H,2-3,8-10H2,1H3,(H,17,19). The average Bonchev–Trinajstić information content (AvgIpc) is 2.69. The highest BCUT2D eigenvalue weighted by Gasteiger charge is 2.25. The topological polar surface area (TPSA) is 60.3 Å². The highest BCUT2D eigenvalue weighted by atomic mass is 16.5. The van der Waals surface area contributed by atoms with Gasteiger partial charge < -0.3 is 14.6 Å². The first-order valence-electron chi connectivity index (χ1n) is 7.30. The van der Waals surface area contributed by atoms with Gasteiger partial charge in [0.05, 0.1) is 12.1 Å². The van der Waals surface area contributed by atoms with Crippen LogP contribution in [-0.2, 0) is 6.54 Å². The van der Waals surface area contributed by atoms with Crippen LogP contribution in [0.15, 0.2) is 29.1 Å². The Balaban J connectivity index is 2.34. The van der Waals surface area contributed by atoms with Crippen molar-refractivity contribution in [2.45, 2.75) is 26.3 Å². The van der Waals surface area contributed by atoms with E-state index in [1.165, 1.54) is 0 Å². The quantitative estimate of drug-likeness (QED) is 0.937. The molecule has 1 amide bonds. The van der Waals surface area contributed by atoms with E-state index in [-0.39, 0.29) is 17.0 Å². The maximum atomic E-state index is 12.7. The van der Waals surface area contributed by atoms with Gasteiger partial charge in [-0.05, 0) is 18.6 Å². The third-order valence-electron chi connectivity index (χ3n) is 3.72. The third kappa shape index (κ3) is 2.28. The van der Waals surface area contributed by atoms with Gasteiger partial charge in [0.2, 0.25) is 0 Å². The monoisotopic (exact) mass is 286 g/mol. The number of hydrogen-bond donors (Lipinski definition) is 1. The molecule has 0 spiro atoms. The Kier molecular flexibility index (Phi) is 3.64. The number of aromatic nitrogens is 1. The minimum Gasteiger partial charge on any atom is -0.490 e. The Labute approximate surface area is 122 Å². The number of benzene rings is 1. The van der Waals surface area contributed by atoms with E-state index in [1.807, 2.05) is 24.3 Å². The Morgan fingerprint density at radius 3 is 2.90 bits per heavy atom. The molecule has 5 heteroatoms. The maximum absolute atomic E-state index is 12.7. The molecule has 21 heavy (non-hydrogen) atoms. The highest BCUT2D eigenvalue weighted by molar-refractivity contribution is 6.02. The van der Waals surface area contributed by atoms with Crippen molar-refractivity contribution in [2.75, 3.05) is 13.2 Å². The molecule has 0 saturated carbocycles. The SMILES string of the molecule is CCCCn1c(=O)c2c(c3ccccc31)OCCNC2=O. The molecule has 0 atom stereocenters. The predicted molar refractivity (Wildman–Crippen MR) is 80.9 cm³/mol.